The summed E-state index contributed by atoms with van der Waals surface area (Å²) >= 11 is 5.72. The molecule has 1 aromatic rings. The molecule has 1 aliphatic carbocycles. The minimum atomic E-state index is -0.461. The molecule has 0 amide bonds. The summed E-state index contributed by atoms with van der Waals surface area (Å²) < 4.78 is 0. The zero-order chi connectivity index (χ0) is 11.0. The van der Waals surface area contributed by atoms with Crippen LogP contribution in [0.15, 0.2) is 12.1 Å². The number of halogens is 1. The van der Waals surface area contributed by atoms with E-state index in [1.807, 2.05) is 11.9 Å². The van der Waals surface area contributed by atoms with Crippen molar-refractivity contribution in [2.45, 2.75) is 18.9 Å². The fraction of sp³-hybridized carbons (Fsp3) is 0.444. The number of nitro groups is 1. The first-order chi connectivity index (χ1) is 7.08. The lowest BCUT2D eigenvalue weighted by atomic mass is 10.3. The topological polar surface area (TPSA) is 59.3 Å². The van der Waals surface area contributed by atoms with Gasteiger partial charge in [-0.05, 0) is 12.8 Å². The molecule has 1 aromatic heterocycles. The third-order valence-corrected chi connectivity index (χ3v) is 2.63. The molecule has 6 heteroatoms. The van der Waals surface area contributed by atoms with Gasteiger partial charge in [-0.25, -0.2) is 4.98 Å². The number of anilines is 1. The van der Waals surface area contributed by atoms with Crippen molar-refractivity contribution in [1.29, 1.82) is 0 Å². The molecule has 15 heavy (non-hydrogen) atoms. The van der Waals surface area contributed by atoms with E-state index in [2.05, 4.69) is 4.98 Å². The molecule has 0 atom stereocenters. The van der Waals surface area contributed by atoms with E-state index in [9.17, 15) is 10.1 Å². The van der Waals surface area contributed by atoms with Gasteiger partial charge >= 0.3 is 0 Å². The molecule has 0 spiro atoms. The van der Waals surface area contributed by atoms with E-state index in [4.69, 9.17) is 11.6 Å². The van der Waals surface area contributed by atoms with E-state index in [0.29, 0.717) is 11.9 Å². The molecule has 1 saturated carbocycles. The summed E-state index contributed by atoms with van der Waals surface area (Å²) in [5, 5.41) is 10.8. The average molecular weight is 228 g/mol. The van der Waals surface area contributed by atoms with E-state index in [0.717, 1.165) is 12.8 Å². The largest absolute Gasteiger partial charge is 0.356 e. The van der Waals surface area contributed by atoms with Crippen LogP contribution in [0.3, 0.4) is 0 Å². The third-order valence-electron chi connectivity index (χ3n) is 2.43. The van der Waals surface area contributed by atoms with Gasteiger partial charge in [-0.15, -0.1) is 0 Å². The van der Waals surface area contributed by atoms with Crippen molar-refractivity contribution in [2.75, 3.05) is 11.9 Å². The van der Waals surface area contributed by atoms with Crippen LogP contribution < -0.4 is 4.90 Å². The van der Waals surface area contributed by atoms with Crippen molar-refractivity contribution in [2.24, 2.45) is 0 Å². The molecule has 1 aliphatic rings. The van der Waals surface area contributed by atoms with Gasteiger partial charge in [0.15, 0.2) is 0 Å². The zero-order valence-corrected chi connectivity index (χ0v) is 8.94. The molecule has 0 unspecified atom stereocenters. The summed E-state index contributed by atoms with van der Waals surface area (Å²) in [6.45, 7) is 0. The number of hydrogen-bond donors (Lipinski definition) is 0. The number of rotatable bonds is 3. The van der Waals surface area contributed by atoms with Crippen molar-refractivity contribution < 1.29 is 4.92 Å². The fourth-order valence-electron chi connectivity index (χ4n) is 1.40. The van der Waals surface area contributed by atoms with Gasteiger partial charge in [-0.2, -0.15) is 0 Å². The summed E-state index contributed by atoms with van der Waals surface area (Å²) in [5.41, 5.74) is -0.0162. The van der Waals surface area contributed by atoms with Gasteiger partial charge in [-0.1, -0.05) is 11.6 Å². The lowest BCUT2D eigenvalue weighted by molar-refractivity contribution is -0.384. The van der Waals surface area contributed by atoms with Gasteiger partial charge in [0.05, 0.1) is 17.1 Å². The molecule has 5 nitrogen and oxygen atoms in total. The first kappa shape index (κ1) is 10.2. The molecule has 0 N–H and O–H groups in total. The van der Waals surface area contributed by atoms with Crippen molar-refractivity contribution in [3.63, 3.8) is 0 Å². The monoisotopic (exact) mass is 227 g/mol. The van der Waals surface area contributed by atoms with Crippen LogP contribution in [0.5, 0.6) is 0 Å². The predicted octanol–water partition coefficient (Wildman–Crippen LogP) is 2.24. The summed E-state index contributed by atoms with van der Waals surface area (Å²) in [6, 6.07) is 3.16. The minimum Gasteiger partial charge on any atom is -0.356 e. The Bertz CT molecular complexity index is 406. The highest BCUT2D eigenvalue weighted by Crippen LogP contribution is 2.31. The summed E-state index contributed by atoms with van der Waals surface area (Å²) in [4.78, 5) is 16.1. The number of aromatic nitrogens is 1. The number of hydrogen-bond acceptors (Lipinski definition) is 4. The molecule has 2 rings (SSSR count). The lowest BCUT2D eigenvalue weighted by Crippen LogP contribution is -2.20. The van der Waals surface area contributed by atoms with Gasteiger partial charge < -0.3 is 4.90 Å². The van der Waals surface area contributed by atoms with Gasteiger partial charge in [0.1, 0.15) is 11.0 Å². The van der Waals surface area contributed by atoms with Crippen molar-refractivity contribution in [3.05, 3.63) is 27.4 Å². The Morgan fingerprint density at radius 3 is 2.80 bits per heavy atom. The van der Waals surface area contributed by atoms with Crippen molar-refractivity contribution in [1.82, 2.24) is 4.98 Å². The van der Waals surface area contributed by atoms with Crippen LogP contribution in [-0.2, 0) is 0 Å². The highest BCUT2D eigenvalue weighted by atomic mass is 35.5. The van der Waals surface area contributed by atoms with Crippen LogP contribution in [0.4, 0.5) is 11.5 Å². The summed E-state index contributed by atoms with van der Waals surface area (Å²) in [7, 11) is 1.88. The standard InChI is InChI=1S/C9H10ClN3O2/c1-12(6-2-3-6)9-5-7(13(14)15)4-8(10)11-9/h4-6H,2-3H2,1H3. The van der Waals surface area contributed by atoms with Crippen LogP contribution in [0.1, 0.15) is 12.8 Å². The highest BCUT2D eigenvalue weighted by Gasteiger charge is 2.28. The van der Waals surface area contributed by atoms with Gasteiger partial charge in [-0.3, -0.25) is 10.1 Å². The Kier molecular flexibility index (Phi) is 2.48. The molecule has 0 saturated heterocycles. The van der Waals surface area contributed by atoms with E-state index in [1.54, 1.807) is 0 Å². The quantitative estimate of drug-likeness (QED) is 0.451. The van der Waals surface area contributed by atoms with Crippen LogP contribution in [0.25, 0.3) is 0 Å². The van der Waals surface area contributed by atoms with E-state index in [1.165, 1.54) is 12.1 Å². The zero-order valence-electron chi connectivity index (χ0n) is 8.18. The fourth-order valence-corrected chi connectivity index (χ4v) is 1.60. The molecule has 0 aliphatic heterocycles. The van der Waals surface area contributed by atoms with Crippen LogP contribution in [-0.4, -0.2) is 23.0 Å². The Morgan fingerprint density at radius 1 is 1.60 bits per heavy atom. The van der Waals surface area contributed by atoms with E-state index < -0.39 is 4.92 Å². The SMILES string of the molecule is CN(c1cc([N+](=O)[O-])cc(Cl)n1)C1CC1. The molecule has 0 aromatic carbocycles. The smallest absolute Gasteiger partial charge is 0.276 e. The first-order valence-electron chi connectivity index (χ1n) is 4.63. The van der Waals surface area contributed by atoms with Crippen LogP contribution in [0.2, 0.25) is 5.15 Å². The van der Waals surface area contributed by atoms with Gasteiger partial charge in [0.2, 0.25) is 0 Å². The molecular weight excluding hydrogens is 218 g/mol. The minimum absolute atomic E-state index is 0.0162. The predicted molar refractivity (Wildman–Crippen MR) is 57.3 cm³/mol. The van der Waals surface area contributed by atoms with Crippen LogP contribution >= 0.6 is 11.6 Å². The van der Waals surface area contributed by atoms with E-state index in [-0.39, 0.29) is 10.8 Å². The molecule has 0 radical (unpaired) electrons. The van der Waals surface area contributed by atoms with Crippen molar-refractivity contribution in [3.8, 4) is 0 Å². The van der Waals surface area contributed by atoms with Crippen molar-refractivity contribution >= 4 is 23.1 Å². The normalized spacial score (nSPS) is 15.1. The summed E-state index contributed by atoms with van der Waals surface area (Å²) in [6.07, 6.45) is 2.22. The third kappa shape index (κ3) is 2.18. The molecule has 1 fully saturated rings. The number of nitrogens with zero attached hydrogens (tertiary/aromatic N) is 3. The van der Waals surface area contributed by atoms with Gasteiger partial charge in [0, 0.05) is 13.1 Å². The maximum Gasteiger partial charge on any atom is 0.276 e. The lowest BCUT2D eigenvalue weighted by Gasteiger charge is -2.16. The summed E-state index contributed by atoms with van der Waals surface area (Å²) in [5.74, 6) is 0.566. The first-order valence-corrected chi connectivity index (χ1v) is 5.00. The second-order valence-electron chi connectivity index (χ2n) is 3.61. The highest BCUT2D eigenvalue weighted by molar-refractivity contribution is 6.29. The maximum atomic E-state index is 10.6. The Labute approximate surface area is 91.8 Å². The average Bonchev–Trinajstić information content (AvgIpc) is 2.98. The molecular formula is C9H10ClN3O2. The van der Waals surface area contributed by atoms with Gasteiger partial charge in [0.25, 0.3) is 5.69 Å². The van der Waals surface area contributed by atoms with E-state index >= 15 is 0 Å². The number of pyridine rings is 1. The molecule has 1 heterocycles. The second-order valence-corrected chi connectivity index (χ2v) is 3.99. The Morgan fingerprint density at radius 2 is 2.27 bits per heavy atom. The second kappa shape index (κ2) is 3.66. The maximum absolute atomic E-state index is 10.6. The van der Waals surface area contributed by atoms with Crippen LogP contribution in [0, 0.1) is 10.1 Å². The Hall–Kier alpha value is -1.36. The molecule has 0 bridgehead atoms. The Balaban J connectivity index is 2.33. The molecule has 80 valence electrons.